The Morgan fingerprint density at radius 3 is 2.68 bits per heavy atom. The number of allylic oxidation sites excluding steroid dienone is 1. The molecule has 152 valence electrons. The van der Waals surface area contributed by atoms with Crippen LogP contribution < -0.4 is 5.32 Å². The van der Waals surface area contributed by atoms with Crippen LogP contribution in [0.2, 0.25) is 0 Å². The van der Waals surface area contributed by atoms with E-state index >= 15 is 0 Å². The van der Waals surface area contributed by atoms with Gasteiger partial charge in [-0.15, -0.1) is 6.58 Å². The van der Waals surface area contributed by atoms with Crippen LogP contribution >= 0.6 is 0 Å². The normalized spacial score (nSPS) is 14.9. The fourth-order valence-corrected chi connectivity index (χ4v) is 4.26. The number of hydrogen-bond acceptors (Lipinski definition) is 2. The number of benzene rings is 1. The zero-order chi connectivity index (χ0) is 20.1. The minimum absolute atomic E-state index is 0.0304. The molecule has 2 aromatic rings. The molecule has 1 aromatic carbocycles. The first-order chi connectivity index (χ1) is 13.5. The van der Waals surface area contributed by atoms with Gasteiger partial charge in [0.05, 0.1) is 0 Å². The number of carbonyl (C=O) groups is 1. The Morgan fingerprint density at radius 1 is 1.25 bits per heavy atom. The van der Waals surface area contributed by atoms with Crippen LogP contribution in [0.1, 0.15) is 67.1 Å². The van der Waals surface area contributed by atoms with E-state index in [0.717, 1.165) is 42.7 Å². The lowest BCUT2D eigenvalue weighted by Gasteiger charge is -2.14. The molecule has 1 N–H and O–H groups in total. The Hall–Kier alpha value is -2.07. The number of nitrogens with zero attached hydrogens (tertiary/aromatic N) is 2. The average molecular weight is 382 g/mol. The van der Waals surface area contributed by atoms with Gasteiger partial charge in [0, 0.05) is 24.0 Å². The number of carbonyl (C=O) groups excluding carboxylic acids is 1. The van der Waals surface area contributed by atoms with Gasteiger partial charge in [0.2, 0.25) is 0 Å². The molecule has 0 radical (unpaired) electrons. The van der Waals surface area contributed by atoms with Gasteiger partial charge in [0.25, 0.3) is 5.91 Å². The van der Waals surface area contributed by atoms with Gasteiger partial charge >= 0.3 is 0 Å². The second-order valence-electron chi connectivity index (χ2n) is 8.32. The minimum atomic E-state index is 0.0304. The van der Waals surface area contributed by atoms with E-state index in [0.29, 0.717) is 12.5 Å². The fourth-order valence-electron chi connectivity index (χ4n) is 4.26. The number of rotatable bonds is 9. The average Bonchev–Trinajstić information content (AvgIpc) is 3.28. The monoisotopic (exact) mass is 381 g/mol. The summed E-state index contributed by atoms with van der Waals surface area (Å²) in [4.78, 5) is 15.5. The quantitative estimate of drug-likeness (QED) is 0.497. The van der Waals surface area contributed by atoms with Gasteiger partial charge in [-0.25, -0.2) is 0 Å². The topological polar surface area (TPSA) is 37.3 Å². The highest BCUT2D eigenvalue weighted by molar-refractivity contribution is 6.01. The molecule has 0 bridgehead atoms. The molecular formula is C24H35N3O. The maximum absolute atomic E-state index is 13.0. The maximum atomic E-state index is 13.0. The van der Waals surface area contributed by atoms with Crippen molar-refractivity contribution in [3.63, 3.8) is 0 Å². The Balaban J connectivity index is 1.70. The second-order valence-corrected chi connectivity index (χ2v) is 8.32. The highest BCUT2D eigenvalue weighted by Gasteiger charge is 2.20. The Bertz CT molecular complexity index is 828. The van der Waals surface area contributed by atoms with Crippen LogP contribution in [0.15, 0.2) is 30.9 Å². The number of unbranched alkanes of at least 4 members (excludes halogenated alkanes) is 1. The molecule has 1 amide bonds. The first-order valence-corrected chi connectivity index (χ1v) is 10.8. The van der Waals surface area contributed by atoms with Crippen LogP contribution in [0.3, 0.4) is 0 Å². The predicted octanol–water partition coefficient (Wildman–Crippen LogP) is 4.86. The first kappa shape index (κ1) is 20.7. The molecule has 3 rings (SSSR count). The van der Waals surface area contributed by atoms with Gasteiger partial charge in [-0.2, -0.15) is 0 Å². The molecule has 2 heterocycles. The van der Waals surface area contributed by atoms with Crippen LogP contribution in [0, 0.1) is 6.92 Å². The summed E-state index contributed by atoms with van der Waals surface area (Å²) >= 11 is 0. The molecule has 0 spiro atoms. The molecule has 1 aliphatic heterocycles. The minimum Gasteiger partial charge on any atom is -0.351 e. The van der Waals surface area contributed by atoms with Crippen molar-refractivity contribution in [1.82, 2.24) is 14.8 Å². The number of aryl methyl sites for hydroxylation is 1. The van der Waals surface area contributed by atoms with Crippen LogP contribution in [-0.4, -0.2) is 41.6 Å². The number of fused-ring (bicyclic) bond motifs is 1. The van der Waals surface area contributed by atoms with Gasteiger partial charge < -0.3 is 14.8 Å². The van der Waals surface area contributed by atoms with Crippen LogP contribution in [0.4, 0.5) is 0 Å². The summed E-state index contributed by atoms with van der Waals surface area (Å²) in [6.07, 6.45) is 6.71. The predicted molar refractivity (Wildman–Crippen MR) is 118 cm³/mol. The van der Waals surface area contributed by atoms with Crippen LogP contribution in [0.5, 0.6) is 0 Å². The van der Waals surface area contributed by atoms with E-state index < -0.39 is 0 Å². The largest absolute Gasteiger partial charge is 0.351 e. The smallest absolute Gasteiger partial charge is 0.268 e. The Morgan fingerprint density at radius 2 is 2.00 bits per heavy atom. The number of nitrogens with one attached hydrogen (secondary N) is 1. The summed E-state index contributed by atoms with van der Waals surface area (Å²) in [7, 11) is 0. The van der Waals surface area contributed by atoms with Crippen molar-refractivity contribution in [1.29, 1.82) is 0 Å². The lowest BCUT2D eigenvalue weighted by atomic mass is 10.0. The zero-order valence-electron chi connectivity index (χ0n) is 17.8. The van der Waals surface area contributed by atoms with Crippen molar-refractivity contribution >= 4 is 16.8 Å². The molecule has 4 heteroatoms. The standard InChI is InChI=1S/C24H35N3O/c1-5-13-27-22-11-10-20(18(2)3)17-21(22)19(4)23(27)24(28)25-12-6-7-14-26-15-8-9-16-26/h5,10-11,17-18H,1,6-9,12-16H2,2-4H3,(H,25,28). The van der Waals surface area contributed by atoms with E-state index in [9.17, 15) is 4.79 Å². The highest BCUT2D eigenvalue weighted by Crippen LogP contribution is 2.29. The Kier molecular flexibility index (Phi) is 6.95. The zero-order valence-corrected chi connectivity index (χ0v) is 17.8. The fraction of sp³-hybridized carbons (Fsp3) is 0.542. The van der Waals surface area contributed by atoms with Crippen molar-refractivity contribution < 1.29 is 4.79 Å². The molecule has 1 aromatic heterocycles. The van der Waals surface area contributed by atoms with E-state index in [-0.39, 0.29) is 5.91 Å². The third-order valence-corrected chi connectivity index (χ3v) is 5.92. The lowest BCUT2D eigenvalue weighted by Crippen LogP contribution is -2.28. The van der Waals surface area contributed by atoms with E-state index in [1.54, 1.807) is 0 Å². The summed E-state index contributed by atoms with van der Waals surface area (Å²) in [6.45, 7) is 15.4. The van der Waals surface area contributed by atoms with Crippen molar-refractivity contribution in [3.8, 4) is 0 Å². The van der Waals surface area contributed by atoms with Crippen LogP contribution in [0.25, 0.3) is 10.9 Å². The third kappa shape index (κ3) is 4.49. The summed E-state index contributed by atoms with van der Waals surface area (Å²) < 4.78 is 2.10. The van der Waals surface area contributed by atoms with Gasteiger partial charge in [-0.1, -0.05) is 26.0 Å². The maximum Gasteiger partial charge on any atom is 0.268 e. The van der Waals surface area contributed by atoms with Gasteiger partial charge in [0.15, 0.2) is 0 Å². The molecule has 4 nitrogen and oxygen atoms in total. The number of likely N-dealkylation sites (tertiary alicyclic amines) is 1. The van der Waals surface area contributed by atoms with Crippen LogP contribution in [-0.2, 0) is 6.54 Å². The molecule has 28 heavy (non-hydrogen) atoms. The molecule has 0 saturated carbocycles. The molecule has 0 unspecified atom stereocenters. The molecular weight excluding hydrogens is 346 g/mol. The van der Waals surface area contributed by atoms with Crippen molar-refractivity contribution in [2.45, 2.75) is 58.9 Å². The summed E-state index contributed by atoms with van der Waals surface area (Å²) in [5.74, 6) is 0.502. The van der Waals surface area contributed by atoms with Gasteiger partial charge in [-0.3, -0.25) is 4.79 Å². The number of aromatic nitrogens is 1. The molecule has 0 aliphatic carbocycles. The lowest BCUT2D eigenvalue weighted by molar-refractivity contribution is 0.0943. The summed E-state index contributed by atoms with van der Waals surface area (Å²) in [6, 6.07) is 6.56. The van der Waals surface area contributed by atoms with E-state index in [2.05, 4.69) is 60.3 Å². The van der Waals surface area contributed by atoms with Crippen molar-refractivity contribution in [3.05, 3.63) is 47.7 Å². The van der Waals surface area contributed by atoms with E-state index in [4.69, 9.17) is 0 Å². The van der Waals surface area contributed by atoms with E-state index in [1.807, 2.05) is 6.08 Å². The molecule has 1 aliphatic rings. The SMILES string of the molecule is C=CCn1c(C(=O)NCCCCN2CCCC2)c(C)c2cc(C(C)C)ccc21. The number of amides is 1. The molecule has 1 fully saturated rings. The van der Waals surface area contributed by atoms with Gasteiger partial charge in [-0.05, 0) is 81.4 Å². The van der Waals surface area contributed by atoms with Crippen molar-refractivity contribution in [2.24, 2.45) is 0 Å². The Labute approximate surface area is 169 Å². The van der Waals surface area contributed by atoms with E-state index in [1.165, 1.54) is 36.9 Å². The molecule has 1 saturated heterocycles. The second kappa shape index (κ2) is 9.42. The molecule has 0 atom stereocenters. The summed E-state index contributed by atoms with van der Waals surface area (Å²) in [5.41, 5.74) is 4.26. The number of hydrogen-bond donors (Lipinski definition) is 1. The highest BCUT2D eigenvalue weighted by atomic mass is 16.1. The van der Waals surface area contributed by atoms with Gasteiger partial charge in [0.1, 0.15) is 5.69 Å². The van der Waals surface area contributed by atoms with Crippen molar-refractivity contribution in [2.75, 3.05) is 26.2 Å². The first-order valence-electron chi connectivity index (χ1n) is 10.8. The summed E-state index contributed by atoms with van der Waals surface area (Å²) in [5, 5.41) is 4.32. The third-order valence-electron chi connectivity index (χ3n) is 5.92.